The smallest absolute Gasteiger partial charge is 0.222 e. The molecule has 0 aromatic heterocycles. The maximum absolute atomic E-state index is 12.1. The third-order valence-electron chi connectivity index (χ3n) is 4.09. The fourth-order valence-electron chi connectivity index (χ4n) is 2.93. The van der Waals surface area contributed by atoms with Crippen LogP contribution in [0.4, 0.5) is 0 Å². The standard InChI is InChI=1S/C13H22ClNO/c1-10-9-15(7-6-12(10)14)13(16)8-11-4-2-3-5-11/h10-12H,2-9H2,1H3. The Labute approximate surface area is 103 Å². The van der Waals surface area contributed by atoms with E-state index in [1.54, 1.807) is 0 Å². The Morgan fingerprint density at radius 3 is 2.62 bits per heavy atom. The summed E-state index contributed by atoms with van der Waals surface area (Å²) in [5.74, 6) is 1.47. The van der Waals surface area contributed by atoms with E-state index >= 15 is 0 Å². The van der Waals surface area contributed by atoms with E-state index in [4.69, 9.17) is 11.6 Å². The molecule has 2 aliphatic rings. The van der Waals surface area contributed by atoms with Gasteiger partial charge in [0.05, 0.1) is 0 Å². The normalized spacial score (nSPS) is 32.0. The molecule has 1 aliphatic heterocycles. The van der Waals surface area contributed by atoms with E-state index < -0.39 is 0 Å². The number of rotatable bonds is 2. The van der Waals surface area contributed by atoms with Crippen molar-refractivity contribution in [2.75, 3.05) is 13.1 Å². The van der Waals surface area contributed by atoms with Crippen LogP contribution in [0.15, 0.2) is 0 Å². The molecule has 92 valence electrons. The molecule has 0 bridgehead atoms. The van der Waals surface area contributed by atoms with Crippen molar-refractivity contribution in [3.05, 3.63) is 0 Å². The van der Waals surface area contributed by atoms with Crippen molar-refractivity contribution in [2.45, 2.75) is 50.8 Å². The van der Waals surface area contributed by atoms with Crippen LogP contribution in [-0.2, 0) is 4.79 Å². The van der Waals surface area contributed by atoms with Gasteiger partial charge in [-0.3, -0.25) is 4.79 Å². The predicted molar refractivity (Wildman–Crippen MR) is 66.6 cm³/mol. The van der Waals surface area contributed by atoms with Crippen LogP contribution in [0.5, 0.6) is 0 Å². The Kier molecular flexibility index (Phi) is 4.12. The van der Waals surface area contributed by atoms with Crippen LogP contribution in [-0.4, -0.2) is 29.3 Å². The average molecular weight is 244 g/mol. The van der Waals surface area contributed by atoms with Gasteiger partial charge in [0.25, 0.3) is 0 Å². The zero-order valence-electron chi connectivity index (χ0n) is 10.1. The number of nitrogens with zero attached hydrogens (tertiary/aromatic N) is 1. The van der Waals surface area contributed by atoms with Crippen molar-refractivity contribution in [1.82, 2.24) is 4.90 Å². The summed E-state index contributed by atoms with van der Waals surface area (Å²) in [5.41, 5.74) is 0. The first-order chi connectivity index (χ1) is 7.66. The van der Waals surface area contributed by atoms with Crippen molar-refractivity contribution in [3.63, 3.8) is 0 Å². The van der Waals surface area contributed by atoms with Crippen LogP contribution < -0.4 is 0 Å². The molecule has 0 spiro atoms. The number of hydrogen-bond donors (Lipinski definition) is 0. The van der Waals surface area contributed by atoms with E-state index in [1.807, 2.05) is 4.90 Å². The van der Waals surface area contributed by atoms with Crippen molar-refractivity contribution < 1.29 is 4.79 Å². The summed E-state index contributed by atoms with van der Waals surface area (Å²) in [6, 6.07) is 0. The molecule has 1 aliphatic carbocycles. The maximum Gasteiger partial charge on any atom is 0.222 e. The molecule has 0 aromatic rings. The second-order valence-electron chi connectivity index (χ2n) is 5.48. The Morgan fingerprint density at radius 1 is 1.31 bits per heavy atom. The second kappa shape index (κ2) is 5.39. The molecule has 16 heavy (non-hydrogen) atoms. The molecular formula is C13H22ClNO. The fourth-order valence-corrected chi connectivity index (χ4v) is 3.11. The zero-order chi connectivity index (χ0) is 11.5. The Hall–Kier alpha value is -0.240. The van der Waals surface area contributed by atoms with Gasteiger partial charge in [-0.1, -0.05) is 19.8 Å². The predicted octanol–water partition coefficient (Wildman–Crippen LogP) is 3.04. The van der Waals surface area contributed by atoms with Gasteiger partial charge in [-0.25, -0.2) is 0 Å². The number of halogens is 1. The summed E-state index contributed by atoms with van der Waals surface area (Å²) in [4.78, 5) is 14.1. The quantitative estimate of drug-likeness (QED) is 0.683. The first-order valence-corrected chi connectivity index (χ1v) is 7.02. The molecule has 2 unspecified atom stereocenters. The van der Waals surface area contributed by atoms with E-state index in [2.05, 4.69) is 6.92 Å². The van der Waals surface area contributed by atoms with Crippen LogP contribution in [0.1, 0.15) is 45.4 Å². The van der Waals surface area contributed by atoms with Gasteiger partial charge in [-0.2, -0.15) is 0 Å². The molecule has 2 atom stereocenters. The van der Waals surface area contributed by atoms with Crippen molar-refractivity contribution in [3.8, 4) is 0 Å². The highest BCUT2D eigenvalue weighted by Crippen LogP contribution is 2.29. The first kappa shape index (κ1) is 12.2. The summed E-state index contributed by atoms with van der Waals surface area (Å²) in [7, 11) is 0. The van der Waals surface area contributed by atoms with Gasteiger partial charge in [0, 0.05) is 24.9 Å². The Balaban J connectivity index is 1.80. The zero-order valence-corrected chi connectivity index (χ0v) is 10.9. The van der Waals surface area contributed by atoms with Crippen LogP contribution in [0.25, 0.3) is 0 Å². The van der Waals surface area contributed by atoms with Gasteiger partial charge in [0.15, 0.2) is 0 Å². The fraction of sp³-hybridized carbons (Fsp3) is 0.923. The van der Waals surface area contributed by atoms with Gasteiger partial charge in [0.2, 0.25) is 5.91 Å². The molecule has 1 heterocycles. The largest absolute Gasteiger partial charge is 0.342 e. The minimum Gasteiger partial charge on any atom is -0.342 e. The van der Waals surface area contributed by atoms with E-state index in [9.17, 15) is 4.79 Å². The Morgan fingerprint density at radius 2 is 2.00 bits per heavy atom. The van der Waals surface area contributed by atoms with E-state index in [0.29, 0.717) is 17.7 Å². The lowest BCUT2D eigenvalue weighted by atomic mass is 9.97. The molecule has 0 N–H and O–H groups in total. The summed E-state index contributed by atoms with van der Waals surface area (Å²) in [6.45, 7) is 3.87. The van der Waals surface area contributed by atoms with Gasteiger partial charge in [-0.15, -0.1) is 11.6 Å². The first-order valence-electron chi connectivity index (χ1n) is 6.58. The third kappa shape index (κ3) is 2.91. The summed E-state index contributed by atoms with van der Waals surface area (Å²) >= 11 is 6.17. The van der Waals surface area contributed by atoms with Crippen molar-refractivity contribution in [1.29, 1.82) is 0 Å². The van der Waals surface area contributed by atoms with Crippen LogP contribution >= 0.6 is 11.6 Å². The monoisotopic (exact) mass is 243 g/mol. The number of alkyl halides is 1. The molecular weight excluding hydrogens is 222 g/mol. The highest BCUT2D eigenvalue weighted by Gasteiger charge is 2.28. The lowest BCUT2D eigenvalue weighted by molar-refractivity contribution is -0.133. The third-order valence-corrected chi connectivity index (χ3v) is 4.74. The molecule has 1 amide bonds. The lowest BCUT2D eigenvalue weighted by Crippen LogP contribution is -2.43. The average Bonchev–Trinajstić information content (AvgIpc) is 2.74. The van der Waals surface area contributed by atoms with Crippen LogP contribution in [0, 0.1) is 11.8 Å². The minimum atomic E-state index is 0.260. The molecule has 0 radical (unpaired) electrons. The minimum absolute atomic E-state index is 0.260. The van der Waals surface area contributed by atoms with Gasteiger partial charge in [0.1, 0.15) is 0 Å². The molecule has 1 saturated carbocycles. The number of amides is 1. The number of carbonyl (C=O) groups is 1. The summed E-state index contributed by atoms with van der Waals surface area (Å²) in [6.07, 6.45) is 6.88. The topological polar surface area (TPSA) is 20.3 Å². The summed E-state index contributed by atoms with van der Waals surface area (Å²) < 4.78 is 0. The van der Waals surface area contributed by atoms with Gasteiger partial charge < -0.3 is 4.90 Å². The maximum atomic E-state index is 12.1. The molecule has 2 nitrogen and oxygen atoms in total. The van der Waals surface area contributed by atoms with Crippen LogP contribution in [0.2, 0.25) is 0 Å². The van der Waals surface area contributed by atoms with E-state index in [0.717, 1.165) is 25.9 Å². The van der Waals surface area contributed by atoms with E-state index in [-0.39, 0.29) is 5.38 Å². The molecule has 1 saturated heterocycles. The van der Waals surface area contributed by atoms with Crippen molar-refractivity contribution >= 4 is 17.5 Å². The lowest BCUT2D eigenvalue weighted by Gasteiger charge is -2.34. The highest BCUT2D eigenvalue weighted by atomic mass is 35.5. The van der Waals surface area contributed by atoms with Gasteiger partial charge in [-0.05, 0) is 31.1 Å². The Bertz CT molecular complexity index is 250. The van der Waals surface area contributed by atoms with E-state index in [1.165, 1.54) is 25.7 Å². The molecule has 0 aromatic carbocycles. The molecule has 2 fully saturated rings. The SMILES string of the molecule is CC1CN(C(=O)CC2CCCC2)CCC1Cl. The number of likely N-dealkylation sites (tertiary alicyclic amines) is 1. The molecule has 2 rings (SSSR count). The van der Waals surface area contributed by atoms with Crippen LogP contribution in [0.3, 0.4) is 0 Å². The highest BCUT2D eigenvalue weighted by molar-refractivity contribution is 6.20. The number of hydrogen-bond acceptors (Lipinski definition) is 1. The molecule has 3 heteroatoms. The number of piperidine rings is 1. The van der Waals surface area contributed by atoms with Gasteiger partial charge >= 0.3 is 0 Å². The summed E-state index contributed by atoms with van der Waals surface area (Å²) in [5, 5.41) is 0.260. The second-order valence-corrected chi connectivity index (χ2v) is 6.04. The number of carbonyl (C=O) groups excluding carboxylic acids is 1. The van der Waals surface area contributed by atoms with Crippen molar-refractivity contribution in [2.24, 2.45) is 11.8 Å².